The van der Waals surface area contributed by atoms with E-state index in [0.717, 1.165) is 16.0 Å². The minimum Gasteiger partial charge on any atom is -1.00 e. The van der Waals surface area contributed by atoms with E-state index in [0.29, 0.717) is 32.9 Å². The van der Waals surface area contributed by atoms with Crippen molar-refractivity contribution in [3.63, 3.8) is 0 Å². The maximum atomic E-state index is 13.3. The molecule has 0 spiro atoms. The van der Waals surface area contributed by atoms with Crippen molar-refractivity contribution in [2.24, 2.45) is 7.05 Å². The molecule has 4 aromatic rings. The number of urea groups is 1. The molecule has 0 bridgehead atoms. The normalized spacial score (nSPS) is 10.7. The second-order valence-corrected chi connectivity index (χ2v) is 9.48. The van der Waals surface area contributed by atoms with Crippen molar-refractivity contribution < 1.29 is 50.4 Å². The van der Waals surface area contributed by atoms with Crippen molar-refractivity contribution in [3.05, 3.63) is 93.9 Å². The van der Waals surface area contributed by atoms with Crippen LogP contribution in [0.3, 0.4) is 0 Å². The summed E-state index contributed by atoms with van der Waals surface area (Å²) >= 11 is 6.30. The number of carboxylic acid groups (broad SMARTS) is 1. The average Bonchev–Trinajstić information content (AvgIpc) is 2.88. The van der Waals surface area contributed by atoms with Crippen LogP contribution in [0.5, 0.6) is 5.75 Å². The van der Waals surface area contributed by atoms with Crippen molar-refractivity contribution in [2.75, 3.05) is 11.4 Å². The molecule has 1 aromatic heterocycles. The van der Waals surface area contributed by atoms with Gasteiger partial charge in [0.25, 0.3) is 5.56 Å². The van der Waals surface area contributed by atoms with E-state index in [1.165, 1.54) is 4.57 Å². The van der Waals surface area contributed by atoms with Gasteiger partial charge < -0.3 is 21.2 Å². The summed E-state index contributed by atoms with van der Waals surface area (Å²) in [4.78, 5) is 39.3. The molecule has 0 aliphatic heterocycles. The van der Waals surface area contributed by atoms with Gasteiger partial charge in [-0.1, -0.05) is 48.0 Å². The number of benzene rings is 3. The molecule has 0 unspecified atom stereocenters. The first kappa shape index (κ1) is 30.2. The first-order valence-corrected chi connectivity index (χ1v) is 12.4. The number of carboxylic acids is 1. The van der Waals surface area contributed by atoms with Gasteiger partial charge in [0.1, 0.15) is 12.3 Å². The van der Waals surface area contributed by atoms with Gasteiger partial charge in [0.2, 0.25) is 0 Å². The number of aromatic nitrogens is 1. The molecule has 2 N–H and O–H groups in total. The number of hydrogen-bond acceptors (Lipinski definition) is 4. The Labute approximate surface area is 254 Å². The molecule has 0 radical (unpaired) electrons. The standard InChI is InChI=1S/C29H28ClN3O5.Na.H/c1-18(2)38-22-11-7-10-21(15-22)33(17-26(34)35)29(37)31-16-25-27(19-8-5-4-6-9-19)24-14-20(30)12-13-23(24)28(36)32(25)3;;/h4-15,18H,16-17H2,1-3H3,(H,31,37)(H,34,35);;/q;+1;-1. The first-order valence-electron chi connectivity index (χ1n) is 12.1. The summed E-state index contributed by atoms with van der Waals surface area (Å²) in [5, 5.41) is 14.0. The zero-order valence-electron chi connectivity index (χ0n) is 23.3. The smallest absolute Gasteiger partial charge is 1.00 e. The van der Waals surface area contributed by atoms with E-state index in [2.05, 4.69) is 5.32 Å². The second-order valence-electron chi connectivity index (χ2n) is 9.04. The van der Waals surface area contributed by atoms with Gasteiger partial charge in [-0.3, -0.25) is 14.5 Å². The Morgan fingerprint density at radius 2 is 1.77 bits per heavy atom. The second kappa shape index (κ2) is 13.2. The van der Waals surface area contributed by atoms with Gasteiger partial charge in [0.15, 0.2) is 0 Å². The molecule has 3 aromatic carbocycles. The van der Waals surface area contributed by atoms with Crippen molar-refractivity contribution in [1.29, 1.82) is 0 Å². The molecule has 39 heavy (non-hydrogen) atoms. The number of nitrogens with one attached hydrogen (secondary N) is 1. The zero-order chi connectivity index (χ0) is 27.4. The number of fused-ring (bicyclic) bond motifs is 1. The van der Waals surface area contributed by atoms with Crippen molar-refractivity contribution >= 4 is 40.1 Å². The third kappa shape index (κ3) is 7.02. The van der Waals surface area contributed by atoms with Gasteiger partial charge in [-0.2, -0.15) is 0 Å². The van der Waals surface area contributed by atoms with Gasteiger partial charge in [0.05, 0.1) is 12.6 Å². The number of anilines is 1. The van der Waals surface area contributed by atoms with Gasteiger partial charge in [-0.15, -0.1) is 0 Å². The topological polar surface area (TPSA) is 101 Å². The molecule has 1 heterocycles. The molecule has 0 saturated heterocycles. The monoisotopic (exact) mass is 557 g/mol. The SMILES string of the molecule is CC(C)Oc1cccc(N(CC(=O)O)C(=O)NCc2c(-c3ccccc3)c3cc(Cl)ccc3c(=O)n2C)c1.[H-].[Na+]. The van der Waals surface area contributed by atoms with Gasteiger partial charge in [-0.05, 0) is 55.1 Å². The molecule has 0 fully saturated rings. The number of nitrogens with zero attached hydrogens (tertiary/aromatic N) is 2. The fourth-order valence-electron chi connectivity index (χ4n) is 4.34. The predicted molar refractivity (Wildman–Crippen MR) is 150 cm³/mol. The number of ether oxygens (including phenoxy) is 1. The van der Waals surface area contributed by atoms with Crippen LogP contribution in [-0.2, 0) is 18.4 Å². The van der Waals surface area contributed by atoms with Crippen molar-refractivity contribution in [2.45, 2.75) is 26.5 Å². The van der Waals surface area contributed by atoms with Crippen molar-refractivity contribution in [1.82, 2.24) is 9.88 Å². The third-order valence-corrected chi connectivity index (χ3v) is 6.22. The number of carbonyl (C=O) groups is 2. The molecule has 198 valence electrons. The molecule has 4 rings (SSSR count). The Bertz CT molecular complexity index is 1560. The number of hydrogen-bond donors (Lipinski definition) is 2. The fraction of sp³-hybridized carbons (Fsp3) is 0.207. The minimum absolute atomic E-state index is 0. The van der Waals surface area contributed by atoms with E-state index in [1.807, 2.05) is 44.2 Å². The van der Waals surface area contributed by atoms with Crippen LogP contribution in [0.2, 0.25) is 5.02 Å². The number of pyridine rings is 1. The Kier molecular flexibility index (Phi) is 10.2. The summed E-state index contributed by atoms with van der Waals surface area (Å²) in [5.74, 6) is -0.658. The Morgan fingerprint density at radius 3 is 2.44 bits per heavy atom. The van der Waals surface area contributed by atoms with E-state index < -0.39 is 18.5 Å². The number of aliphatic carboxylic acids is 1. The summed E-state index contributed by atoms with van der Waals surface area (Å²) in [6, 6.07) is 20.7. The Morgan fingerprint density at radius 1 is 1.05 bits per heavy atom. The summed E-state index contributed by atoms with van der Waals surface area (Å²) < 4.78 is 7.21. The molecule has 0 aliphatic carbocycles. The van der Waals surface area contributed by atoms with E-state index >= 15 is 0 Å². The molecular weight excluding hydrogens is 529 g/mol. The number of amides is 2. The molecule has 2 amide bonds. The fourth-order valence-corrected chi connectivity index (χ4v) is 4.51. The van der Waals surface area contributed by atoms with Crippen LogP contribution in [-0.4, -0.2) is 34.3 Å². The molecule has 0 saturated carbocycles. The quantitative estimate of drug-likeness (QED) is 0.324. The summed E-state index contributed by atoms with van der Waals surface area (Å²) in [7, 11) is 1.64. The van der Waals surface area contributed by atoms with E-state index in [1.54, 1.807) is 49.5 Å². The molecule has 8 nitrogen and oxygen atoms in total. The van der Waals surface area contributed by atoms with Crippen LogP contribution in [0.25, 0.3) is 21.9 Å². The number of halogens is 1. The van der Waals surface area contributed by atoms with E-state index in [4.69, 9.17) is 16.3 Å². The van der Waals surface area contributed by atoms with Crippen LogP contribution < -0.4 is 50.1 Å². The Hall–Kier alpha value is -3.30. The molecule has 10 heteroatoms. The molecule has 0 atom stereocenters. The average molecular weight is 558 g/mol. The van der Waals surface area contributed by atoms with Crippen LogP contribution in [0.15, 0.2) is 77.6 Å². The van der Waals surface area contributed by atoms with Crippen LogP contribution >= 0.6 is 11.6 Å². The first-order chi connectivity index (χ1) is 18.2. The zero-order valence-corrected chi connectivity index (χ0v) is 25.0. The largest absolute Gasteiger partial charge is 1.00 e. The van der Waals surface area contributed by atoms with Gasteiger partial charge >= 0.3 is 41.6 Å². The summed E-state index contributed by atoms with van der Waals surface area (Å²) in [5.41, 5.74) is 2.28. The predicted octanol–water partition coefficient (Wildman–Crippen LogP) is 2.56. The van der Waals surface area contributed by atoms with Gasteiger partial charge in [-0.25, -0.2) is 4.79 Å². The van der Waals surface area contributed by atoms with E-state index in [-0.39, 0.29) is 49.2 Å². The third-order valence-electron chi connectivity index (χ3n) is 5.99. The van der Waals surface area contributed by atoms with Crippen LogP contribution in [0, 0.1) is 0 Å². The summed E-state index contributed by atoms with van der Waals surface area (Å²) in [6.45, 7) is 3.16. The van der Waals surface area contributed by atoms with Crippen LogP contribution in [0.1, 0.15) is 21.0 Å². The van der Waals surface area contributed by atoms with Crippen LogP contribution in [0.4, 0.5) is 10.5 Å². The number of carbonyl (C=O) groups excluding carboxylic acids is 1. The van der Waals surface area contributed by atoms with Gasteiger partial charge in [0, 0.05) is 40.5 Å². The molecule has 0 aliphatic rings. The maximum Gasteiger partial charge on any atom is 1.00 e. The Balaban J connectivity index is 0.00000280. The summed E-state index contributed by atoms with van der Waals surface area (Å²) in [6.07, 6.45) is -0.0916. The molecular formula is C29H29ClN3NaO5. The van der Waals surface area contributed by atoms with E-state index in [9.17, 15) is 19.5 Å². The maximum absolute atomic E-state index is 13.3. The van der Waals surface area contributed by atoms with Crippen molar-refractivity contribution in [3.8, 4) is 16.9 Å². The minimum atomic E-state index is -1.17. The number of rotatable bonds is 8.